The van der Waals surface area contributed by atoms with Crippen molar-refractivity contribution in [2.75, 3.05) is 19.6 Å². The Bertz CT molecular complexity index is 470. The van der Waals surface area contributed by atoms with Gasteiger partial charge in [0.2, 0.25) is 5.91 Å². The summed E-state index contributed by atoms with van der Waals surface area (Å²) in [5.41, 5.74) is 6.14. The van der Waals surface area contributed by atoms with Crippen molar-refractivity contribution in [3.8, 4) is 5.75 Å². The van der Waals surface area contributed by atoms with E-state index in [4.69, 9.17) is 10.5 Å². The summed E-state index contributed by atoms with van der Waals surface area (Å²) in [5.74, 6) is -0.165. The molecule has 1 fully saturated rings. The minimum atomic E-state index is -4.40. The van der Waals surface area contributed by atoms with Crippen molar-refractivity contribution in [3.05, 3.63) is 35.6 Å². The molecule has 0 spiro atoms. The summed E-state index contributed by atoms with van der Waals surface area (Å²) in [6.45, 7) is 0.304. The number of ether oxygens (including phenoxy) is 1. The van der Waals surface area contributed by atoms with Gasteiger partial charge in [-0.2, -0.15) is 13.2 Å². The first-order valence-electron chi connectivity index (χ1n) is 5.66. The molecule has 1 N–H and O–H groups in total. The molecule has 104 valence electrons. The van der Waals surface area contributed by atoms with E-state index in [9.17, 15) is 18.0 Å². The first-order chi connectivity index (χ1) is 8.90. The highest BCUT2D eigenvalue weighted by atomic mass is 19.4. The molecule has 0 unspecified atom stereocenters. The molecular formula is C12H12F3N2O2-. The van der Waals surface area contributed by atoms with Gasteiger partial charge in [-0.25, -0.2) is 0 Å². The monoisotopic (exact) mass is 273 g/mol. The average Bonchev–Trinajstić information content (AvgIpc) is 2.31. The minimum absolute atomic E-state index is 0.137. The fraction of sp³-hybridized carbons (Fsp3) is 0.417. The number of amides is 1. The summed E-state index contributed by atoms with van der Waals surface area (Å²) in [5, 5.41) is 0. The predicted molar refractivity (Wildman–Crippen MR) is 61.6 cm³/mol. The van der Waals surface area contributed by atoms with E-state index in [0.717, 1.165) is 12.1 Å². The minimum Gasteiger partial charge on any atom is -0.670 e. The van der Waals surface area contributed by atoms with Gasteiger partial charge in [-0.3, -0.25) is 4.79 Å². The highest BCUT2D eigenvalue weighted by molar-refractivity contribution is 5.80. The second-order valence-electron chi connectivity index (χ2n) is 4.24. The molecule has 1 aliphatic heterocycles. The first-order valence-corrected chi connectivity index (χ1v) is 5.66. The summed E-state index contributed by atoms with van der Waals surface area (Å²) in [6, 6.07) is 4.65. The Morgan fingerprint density at radius 1 is 1.42 bits per heavy atom. The van der Waals surface area contributed by atoms with Gasteiger partial charge in [-0.05, 0) is 18.2 Å². The lowest BCUT2D eigenvalue weighted by atomic mass is 10.1. The topological polar surface area (TPSA) is 53.3 Å². The standard InChI is InChI=1S/C12H12F3N2O2/c13-12(14,15)8-2-1-3-9(4-8)19-10-6-17(7-10)11(18)5-16/h1-4,10,16H,5-7H2/q-1. The van der Waals surface area contributed by atoms with E-state index >= 15 is 0 Å². The van der Waals surface area contributed by atoms with Crippen molar-refractivity contribution in [2.24, 2.45) is 0 Å². The third-order valence-corrected chi connectivity index (χ3v) is 2.82. The Morgan fingerprint density at radius 3 is 2.68 bits per heavy atom. The van der Waals surface area contributed by atoms with Crippen LogP contribution >= 0.6 is 0 Å². The van der Waals surface area contributed by atoms with E-state index in [-0.39, 0.29) is 24.3 Å². The molecule has 0 bridgehead atoms. The number of carbonyl (C=O) groups is 1. The predicted octanol–water partition coefficient (Wildman–Crippen LogP) is 2.35. The van der Waals surface area contributed by atoms with Crippen molar-refractivity contribution in [3.63, 3.8) is 0 Å². The summed E-state index contributed by atoms with van der Waals surface area (Å²) in [7, 11) is 0. The van der Waals surface area contributed by atoms with Crippen LogP contribution in [-0.2, 0) is 11.0 Å². The number of nitrogens with one attached hydrogen (secondary N) is 1. The van der Waals surface area contributed by atoms with Gasteiger partial charge in [-0.15, -0.1) is 0 Å². The lowest BCUT2D eigenvalue weighted by molar-refractivity contribution is -0.138. The maximum atomic E-state index is 12.5. The molecule has 1 aromatic carbocycles. The van der Waals surface area contributed by atoms with Crippen LogP contribution < -0.4 is 4.74 Å². The van der Waals surface area contributed by atoms with Gasteiger partial charge in [0, 0.05) is 0 Å². The number of alkyl halides is 3. The highest BCUT2D eigenvalue weighted by Crippen LogP contribution is 2.31. The van der Waals surface area contributed by atoms with Crippen LogP contribution in [0.3, 0.4) is 0 Å². The maximum Gasteiger partial charge on any atom is 0.416 e. The van der Waals surface area contributed by atoms with Crippen LogP contribution in [0.25, 0.3) is 5.73 Å². The van der Waals surface area contributed by atoms with Crippen LogP contribution in [0, 0.1) is 0 Å². The molecule has 1 aromatic rings. The Balaban J connectivity index is 1.93. The van der Waals surface area contributed by atoms with Crippen molar-refractivity contribution in [1.82, 2.24) is 4.90 Å². The molecule has 19 heavy (non-hydrogen) atoms. The molecule has 0 atom stereocenters. The number of carbonyl (C=O) groups excluding carboxylic acids is 1. The number of likely N-dealkylation sites (tertiary alicyclic amines) is 1. The number of halogens is 3. The molecule has 2 rings (SSSR count). The average molecular weight is 273 g/mol. The van der Waals surface area contributed by atoms with Gasteiger partial charge in [-0.1, -0.05) is 12.6 Å². The molecule has 7 heteroatoms. The van der Waals surface area contributed by atoms with E-state index < -0.39 is 11.7 Å². The van der Waals surface area contributed by atoms with Crippen molar-refractivity contribution in [2.45, 2.75) is 12.3 Å². The Labute approximate surface area is 107 Å². The number of benzene rings is 1. The van der Waals surface area contributed by atoms with Gasteiger partial charge >= 0.3 is 6.18 Å². The molecule has 1 heterocycles. The first kappa shape index (κ1) is 13.7. The summed E-state index contributed by atoms with van der Waals surface area (Å²) >= 11 is 0. The van der Waals surface area contributed by atoms with Crippen molar-refractivity contribution in [1.29, 1.82) is 0 Å². The quantitative estimate of drug-likeness (QED) is 0.848. The second kappa shape index (κ2) is 5.08. The number of rotatable bonds is 3. The van der Waals surface area contributed by atoms with Crippen LogP contribution in [0.2, 0.25) is 0 Å². The third-order valence-electron chi connectivity index (χ3n) is 2.82. The summed E-state index contributed by atoms with van der Waals surface area (Å²) in [6.07, 6.45) is -4.70. The number of hydrogen-bond donors (Lipinski definition) is 0. The lowest BCUT2D eigenvalue weighted by Gasteiger charge is -2.39. The molecular weight excluding hydrogens is 261 g/mol. The molecule has 1 saturated heterocycles. The second-order valence-corrected chi connectivity index (χ2v) is 4.24. The van der Waals surface area contributed by atoms with Crippen LogP contribution in [0.5, 0.6) is 5.75 Å². The fourth-order valence-corrected chi connectivity index (χ4v) is 1.77. The molecule has 1 aliphatic rings. The van der Waals surface area contributed by atoms with Crippen LogP contribution in [0.4, 0.5) is 13.2 Å². The van der Waals surface area contributed by atoms with Gasteiger partial charge in [0.15, 0.2) is 0 Å². The molecule has 4 nitrogen and oxygen atoms in total. The van der Waals surface area contributed by atoms with Crippen LogP contribution in [0.15, 0.2) is 24.3 Å². The fourth-order valence-electron chi connectivity index (χ4n) is 1.77. The van der Waals surface area contributed by atoms with Gasteiger partial charge < -0.3 is 15.4 Å². The summed E-state index contributed by atoms with van der Waals surface area (Å²) < 4.78 is 42.8. The van der Waals surface area contributed by atoms with Crippen LogP contribution in [-0.4, -0.2) is 36.5 Å². The molecule has 1 amide bonds. The SMILES string of the molecule is [NH-]CC(=O)N1CC(Oc2cccc(C(F)(F)F)c2)C1. The molecule has 0 radical (unpaired) electrons. The zero-order valence-corrected chi connectivity index (χ0v) is 9.91. The van der Waals surface area contributed by atoms with Gasteiger partial charge in [0.05, 0.1) is 18.7 Å². The third kappa shape index (κ3) is 3.17. The van der Waals surface area contributed by atoms with E-state index in [1.165, 1.54) is 17.0 Å². The van der Waals surface area contributed by atoms with E-state index in [0.29, 0.717) is 13.1 Å². The Kier molecular flexibility index (Phi) is 3.66. The number of hydrogen-bond acceptors (Lipinski definition) is 2. The normalized spacial score (nSPS) is 16.1. The molecule has 0 aromatic heterocycles. The smallest absolute Gasteiger partial charge is 0.416 e. The molecule has 0 aliphatic carbocycles. The maximum absolute atomic E-state index is 12.5. The number of nitrogens with zero attached hydrogens (tertiary/aromatic N) is 1. The zero-order chi connectivity index (χ0) is 14.0. The highest BCUT2D eigenvalue weighted by Gasteiger charge is 2.33. The lowest BCUT2D eigenvalue weighted by Crippen LogP contribution is -2.56. The van der Waals surface area contributed by atoms with Gasteiger partial charge in [0.25, 0.3) is 0 Å². The van der Waals surface area contributed by atoms with Gasteiger partial charge in [0.1, 0.15) is 11.9 Å². The van der Waals surface area contributed by atoms with Crippen LogP contribution in [0.1, 0.15) is 5.56 Å². The van der Waals surface area contributed by atoms with E-state index in [2.05, 4.69) is 0 Å². The van der Waals surface area contributed by atoms with E-state index in [1.807, 2.05) is 0 Å². The zero-order valence-electron chi connectivity index (χ0n) is 9.91. The summed E-state index contributed by atoms with van der Waals surface area (Å²) in [4.78, 5) is 12.5. The Hall–Kier alpha value is -1.76. The van der Waals surface area contributed by atoms with Crippen molar-refractivity contribution < 1.29 is 22.7 Å². The van der Waals surface area contributed by atoms with E-state index in [1.54, 1.807) is 0 Å². The van der Waals surface area contributed by atoms with Crippen molar-refractivity contribution >= 4 is 5.91 Å². The Morgan fingerprint density at radius 2 is 2.11 bits per heavy atom. The largest absolute Gasteiger partial charge is 0.670 e. The molecule has 0 saturated carbocycles.